The lowest BCUT2D eigenvalue weighted by Crippen LogP contribution is -2.63. The molecule has 0 nitrogen and oxygen atoms in total. The van der Waals surface area contributed by atoms with E-state index in [2.05, 4.69) is 119 Å². The molecule has 0 saturated carbocycles. The summed E-state index contributed by atoms with van der Waals surface area (Å²) in [6.45, 7) is 18.0. The molecule has 0 fully saturated rings. The Morgan fingerprint density at radius 2 is 0.964 bits per heavy atom. The summed E-state index contributed by atoms with van der Waals surface area (Å²) in [6.07, 6.45) is 10.0. The number of fused-ring (bicyclic) bond motifs is 2. The molecule has 2 aliphatic rings. The van der Waals surface area contributed by atoms with E-state index in [1.165, 1.54) is 11.1 Å². The molecule has 2 aromatic carbocycles. The molecule has 28 heavy (non-hydrogen) atoms. The Labute approximate surface area is 173 Å². The van der Waals surface area contributed by atoms with Crippen molar-refractivity contribution in [3.63, 3.8) is 0 Å². The second-order valence-corrected chi connectivity index (χ2v) is 21.5. The highest BCUT2D eigenvalue weighted by Crippen LogP contribution is 2.59. The van der Waals surface area contributed by atoms with E-state index < -0.39 is 16.1 Å². The SMILES string of the molecule is CC(C1([Si](C)(C)C)C=Cc2ccccc21)C1([Si](C)(C)C)C=Cc2ccccc21. The first kappa shape index (κ1) is 19.7. The van der Waals surface area contributed by atoms with E-state index in [0.717, 1.165) is 0 Å². The summed E-state index contributed by atoms with van der Waals surface area (Å²) in [7, 11) is -3.20. The Balaban J connectivity index is 2.02. The van der Waals surface area contributed by atoms with Crippen molar-refractivity contribution in [2.45, 2.75) is 56.3 Å². The molecule has 0 heterocycles. The van der Waals surface area contributed by atoms with Crippen molar-refractivity contribution in [1.82, 2.24) is 0 Å². The van der Waals surface area contributed by atoms with E-state index in [9.17, 15) is 0 Å². The van der Waals surface area contributed by atoms with Crippen LogP contribution in [0, 0.1) is 5.92 Å². The lowest BCUT2D eigenvalue weighted by atomic mass is 9.76. The van der Waals surface area contributed by atoms with Gasteiger partial charge in [0.15, 0.2) is 0 Å². The summed E-state index contributed by atoms with van der Waals surface area (Å²) in [5.74, 6) is 0.526. The molecule has 0 aromatic heterocycles. The summed E-state index contributed by atoms with van der Waals surface area (Å²) in [6, 6.07) is 18.3. The Bertz CT molecular complexity index is 891. The Morgan fingerprint density at radius 1 is 0.607 bits per heavy atom. The van der Waals surface area contributed by atoms with Crippen LogP contribution < -0.4 is 0 Å². The van der Waals surface area contributed by atoms with Crippen LogP contribution in [0.1, 0.15) is 29.2 Å². The molecule has 0 bridgehead atoms. The standard InChI is InChI=1S/C26H34Si2/c1-20(25(27(2,3)4)18-16-21-12-8-10-14-23(21)25)26(28(5,6)7)19-17-22-13-9-11-15-24(22)26/h8-20H,1-7H3. The summed E-state index contributed by atoms with van der Waals surface area (Å²) < 4.78 is 0. The molecule has 0 radical (unpaired) electrons. The number of benzene rings is 2. The van der Waals surface area contributed by atoms with Crippen molar-refractivity contribution in [3.8, 4) is 0 Å². The Morgan fingerprint density at radius 3 is 1.32 bits per heavy atom. The van der Waals surface area contributed by atoms with Gasteiger partial charge in [-0.25, -0.2) is 0 Å². The van der Waals surface area contributed by atoms with Crippen molar-refractivity contribution in [2.24, 2.45) is 5.92 Å². The first-order chi connectivity index (χ1) is 13.1. The molecule has 0 saturated heterocycles. The van der Waals surface area contributed by atoms with Gasteiger partial charge in [-0.15, -0.1) is 0 Å². The van der Waals surface area contributed by atoms with E-state index in [0.29, 0.717) is 5.92 Å². The van der Waals surface area contributed by atoms with Crippen LogP contribution in [0.5, 0.6) is 0 Å². The predicted molar refractivity (Wildman–Crippen MR) is 130 cm³/mol. The van der Waals surface area contributed by atoms with E-state index in [1.54, 1.807) is 11.1 Å². The normalized spacial score (nSPS) is 27.0. The molecular formula is C26H34Si2. The van der Waals surface area contributed by atoms with Gasteiger partial charge >= 0.3 is 0 Å². The van der Waals surface area contributed by atoms with Gasteiger partial charge in [-0.1, -0.05) is 119 Å². The zero-order valence-electron chi connectivity index (χ0n) is 18.5. The molecule has 4 rings (SSSR count). The third-order valence-corrected chi connectivity index (χ3v) is 14.4. The monoisotopic (exact) mass is 402 g/mol. The largest absolute Gasteiger partial charge is 0.0758 e. The summed E-state index contributed by atoms with van der Waals surface area (Å²) in [5.41, 5.74) is 5.99. The smallest absolute Gasteiger partial charge is 0.0608 e. The van der Waals surface area contributed by atoms with E-state index in [1.807, 2.05) is 0 Å². The van der Waals surface area contributed by atoms with Crippen molar-refractivity contribution >= 4 is 28.3 Å². The fraction of sp³-hybridized carbons (Fsp3) is 0.385. The number of hydrogen-bond acceptors (Lipinski definition) is 0. The van der Waals surface area contributed by atoms with Gasteiger partial charge in [0.1, 0.15) is 0 Å². The number of allylic oxidation sites excluding steroid dienone is 2. The maximum Gasteiger partial charge on any atom is 0.0608 e. The average Bonchev–Trinajstić information content (AvgIpc) is 3.21. The van der Waals surface area contributed by atoms with Crippen LogP contribution in [-0.4, -0.2) is 16.1 Å². The van der Waals surface area contributed by atoms with E-state index in [-0.39, 0.29) is 10.1 Å². The van der Waals surface area contributed by atoms with Crippen molar-refractivity contribution in [2.75, 3.05) is 0 Å². The lowest BCUT2D eigenvalue weighted by Gasteiger charge is -2.56. The third kappa shape index (κ3) is 2.40. The van der Waals surface area contributed by atoms with Gasteiger partial charge in [-0.3, -0.25) is 0 Å². The molecule has 2 heteroatoms. The van der Waals surface area contributed by atoms with Crippen LogP contribution >= 0.6 is 0 Å². The van der Waals surface area contributed by atoms with Crippen LogP contribution in [0.2, 0.25) is 39.3 Å². The molecule has 2 aliphatic carbocycles. The maximum atomic E-state index is 2.60. The van der Waals surface area contributed by atoms with Gasteiger partial charge in [0.2, 0.25) is 0 Å². The van der Waals surface area contributed by atoms with Crippen molar-refractivity contribution in [1.29, 1.82) is 0 Å². The molecule has 0 amide bonds. The summed E-state index contributed by atoms with van der Waals surface area (Å²) >= 11 is 0. The first-order valence-electron chi connectivity index (χ1n) is 10.6. The second-order valence-electron chi connectivity index (χ2n) is 10.8. The molecule has 0 spiro atoms. The highest BCUT2D eigenvalue weighted by Gasteiger charge is 2.60. The molecule has 2 unspecified atom stereocenters. The van der Waals surface area contributed by atoms with Gasteiger partial charge < -0.3 is 0 Å². The highest BCUT2D eigenvalue weighted by atomic mass is 28.3. The third-order valence-electron chi connectivity index (χ3n) is 7.71. The second kappa shape index (κ2) is 6.17. The fourth-order valence-electron chi connectivity index (χ4n) is 6.38. The average molecular weight is 403 g/mol. The van der Waals surface area contributed by atoms with Crippen LogP contribution in [0.25, 0.3) is 12.2 Å². The molecule has 0 aliphatic heterocycles. The topological polar surface area (TPSA) is 0 Å². The molecular weight excluding hydrogens is 368 g/mol. The lowest BCUT2D eigenvalue weighted by molar-refractivity contribution is 0.375. The van der Waals surface area contributed by atoms with Gasteiger partial charge in [0.05, 0.1) is 16.1 Å². The Kier molecular flexibility index (Phi) is 4.33. The zero-order chi connectivity index (χ0) is 20.4. The van der Waals surface area contributed by atoms with Crippen LogP contribution in [0.4, 0.5) is 0 Å². The molecule has 2 atom stereocenters. The highest BCUT2D eigenvalue weighted by molar-refractivity contribution is 6.82. The predicted octanol–water partition coefficient (Wildman–Crippen LogP) is 7.31. The van der Waals surface area contributed by atoms with Gasteiger partial charge in [-0.2, -0.15) is 0 Å². The fourth-order valence-corrected chi connectivity index (χ4v) is 12.8. The molecule has 0 N–H and O–H groups in total. The van der Waals surface area contributed by atoms with Crippen LogP contribution in [0.15, 0.2) is 60.7 Å². The van der Waals surface area contributed by atoms with Gasteiger partial charge in [0, 0.05) is 10.1 Å². The number of rotatable bonds is 4. The minimum atomic E-state index is -1.60. The maximum absolute atomic E-state index is 2.60. The summed E-state index contributed by atoms with van der Waals surface area (Å²) in [5, 5.41) is 0.289. The quantitative estimate of drug-likeness (QED) is 0.470. The molecule has 2 aromatic rings. The Hall–Kier alpha value is -1.65. The molecule has 146 valence electrons. The minimum absolute atomic E-state index is 0.145. The number of hydrogen-bond donors (Lipinski definition) is 0. The zero-order valence-corrected chi connectivity index (χ0v) is 20.5. The van der Waals surface area contributed by atoms with Crippen LogP contribution in [0.3, 0.4) is 0 Å². The minimum Gasteiger partial charge on any atom is -0.0758 e. The van der Waals surface area contributed by atoms with Crippen molar-refractivity contribution in [3.05, 3.63) is 82.9 Å². The van der Waals surface area contributed by atoms with Gasteiger partial charge in [0.25, 0.3) is 0 Å². The van der Waals surface area contributed by atoms with Gasteiger partial charge in [-0.05, 0) is 28.2 Å². The first-order valence-corrected chi connectivity index (χ1v) is 17.6. The van der Waals surface area contributed by atoms with E-state index >= 15 is 0 Å². The van der Waals surface area contributed by atoms with E-state index in [4.69, 9.17) is 0 Å². The van der Waals surface area contributed by atoms with Crippen LogP contribution in [-0.2, 0) is 10.1 Å². The summed E-state index contributed by atoms with van der Waals surface area (Å²) in [4.78, 5) is 0. The van der Waals surface area contributed by atoms with Crippen molar-refractivity contribution < 1.29 is 0 Å².